The summed E-state index contributed by atoms with van der Waals surface area (Å²) in [6.07, 6.45) is 3.68. The Balaban J connectivity index is 1.75. The minimum atomic E-state index is -0.0998. The summed E-state index contributed by atoms with van der Waals surface area (Å²) in [5, 5.41) is 4.95. The van der Waals surface area contributed by atoms with Gasteiger partial charge in [0.05, 0.1) is 13.2 Å². The monoisotopic (exact) mass is 303 g/mol. The molecule has 0 spiro atoms. The van der Waals surface area contributed by atoms with Crippen LogP contribution in [0.2, 0.25) is 0 Å². The van der Waals surface area contributed by atoms with Gasteiger partial charge in [0.2, 0.25) is 5.88 Å². The Kier molecular flexibility index (Phi) is 4.06. The Labute approximate surface area is 127 Å². The van der Waals surface area contributed by atoms with Crippen molar-refractivity contribution < 1.29 is 9.53 Å². The number of ether oxygens (including phenoxy) is 1. The first-order chi connectivity index (χ1) is 10.3. The van der Waals surface area contributed by atoms with E-state index in [9.17, 15) is 4.79 Å². The van der Waals surface area contributed by atoms with Gasteiger partial charge in [-0.2, -0.15) is 0 Å². The van der Waals surface area contributed by atoms with Crippen molar-refractivity contribution in [2.75, 3.05) is 19.0 Å². The van der Waals surface area contributed by atoms with Crippen LogP contribution in [0.5, 0.6) is 5.88 Å². The predicted molar refractivity (Wildman–Crippen MR) is 82.8 cm³/mol. The number of pyridine rings is 1. The maximum Gasteiger partial charge on any atom is 0.322 e. The van der Waals surface area contributed by atoms with E-state index >= 15 is 0 Å². The van der Waals surface area contributed by atoms with Gasteiger partial charge in [-0.05, 0) is 36.4 Å². The second kappa shape index (κ2) is 6.13. The van der Waals surface area contributed by atoms with Crippen molar-refractivity contribution in [2.45, 2.75) is 18.9 Å². The highest BCUT2D eigenvalue weighted by molar-refractivity contribution is 7.10. The van der Waals surface area contributed by atoms with Gasteiger partial charge in [-0.3, -0.25) is 0 Å². The Hall–Kier alpha value is -2.08. The molecule has 1 aliphatic heterocycles. The Morgan fingerprint density at radius 2 is 2.38 bits per heavy atom. The Bertz CT molecular complexity index is 615. The number of rotatable bonds is 3. The van der Waals surface area contributed by atoms with Crippen LogP contribution in [0.15, 0.2) is 35.8 Å². The van der Waals surface area contributed by atoms with E-state index < -0.39 is 0 Å². The molecule has 2 aromatic rings. The average Bonchev–Trinajstić information content (AvgIpc) is 3.18. The summed E-state index contributed by atoms with van der Waals surface area (Å²) in [7, 11) is 1.54. The first kappa shape index (κ1) is 13.9. The lowest BCUT2D eigenvalue weighted by molar-refractivity contribution is 0.207. The van der Waals surface area contributed by atoms with Crippen molar-refractivity contribution >= 4 is 23.1 Å². The molecule has 0 unspecified atom stereocenters. The summed E-state index contributed by atoms with van der Waals surface area (Å²) >= 11 is 1.70. The third kappa shape index (κ3) is 2.85. The highest BCUT2D eigenvalue weighted by Crippen LogP contribution is 2.35. The van der Waals surface area contributed by atoms with Crippen LogP contribution in [0.4, 0.5) is 10.5 Å². The maximum absolute atomic E-state index is 12.5. The number of aromatic nitrogens is 1. The van der Waals surface area contributed by atoms with Gasteiger partial charge in [0.25, 0.3) is 0 Å². The molecule has 3 heterocycles. The first-order valence-electron chi connectivity index (χ1n) is 6.89. The van der Waals surface area contributed by atoms with Crippen molar-refractivity contribution in [1.82, 2.24) is 9.88 Å². The smallest absolute Gasteiger partial charge is 0.322 e. The molecular weight excluding hydrogens is 286 g/mol. The fraction of sp³-hybridized carbons (Fsp3) is 0.333. The molecule has 6 heteroatoms. The van der Waals surface area contributed by atoms with Crippen molar-refractivity contribution in [1.29, 1.82) is 0 Å². The fourth-order valence-electron chi connectivity index (χ4n) is 2.62. The van der Waals surface area contributed by atoms with Gasteiger partial charge in [0.1, 0.15) is 5.69 Å². The molecule has 2 amide bonds. The lowest BCUT2D eigenvalue weighted by atomic mass is 10.2. The molecule has 21 heavy (non-hydrogen) atoms. The van der Waals surface area contributed by atoms with E-state index in [4.69, 9.17) is 4.74 Å². The number of nitrogens with zero attached hydrogens (tertiary/aromatic N) is 2. The molecule has 5 nitrogen and oxygen atoms in total. The minimum Gasteiger partial charge on any atom is -0.480 e. The van der Waals surface area contributed by atoms with Crippen molar-refractivity contribution in [3.8, 4) is 5.88 Å². The normalized spacial score (nSPS) is 17.8. The molecule has 1 fully saturated rings. The lowest BCUT2D eigenvalue weighted by Crippen LogP contribution is -2.34. The second-order valence-electron chi connectivity index (χ2n) is 4.86. The topological polar surface area (TPSA) is 54.5 Å². The van der Waals surface area contributed by atoms with E-state index in [-0.39, 0.29) is 12.1 Å². The minimum absolute atomic E-state index is 0.0998. The van der Waals surface area contributed by atoms with E-state index in [0.29, 0.717) is 11.6 Å². The summed E-state index contributed by atoms with van der Waals surface area (Å²) in [5.41, 5.74) is 0.599. The molecule has 110 valence electrons. The Morgan fingerprint density at radius 3 is 3.14 bits per heavy atom. The van der Waals surface area contributed by atoms with E-state index in [2.05, 4.69) is 16.4 Å². The van der Waals surface area contributed by atoms with Crippen LogP contribution in [-0.4, -0.2) is 29.6 Å². The molecule has 1 saturated heterocycles. The molecule has 3 rings (SSSR count). The summed E-state index contributed by atoms with van der Waals surface area (Å²) < 4.78 is 5.17. The third-order valence-corrected chi connectivity index (χ3v) is 4.56. The number of carbonyl (C=O) groups is 1. The van der Waals surface area contributed by atoms with E-state index in [1.54, 1.807) is 36.8 Å². The number of nitrogens with one attached hydrogen (secondary N) is 1. The van der Waals surface area contributed by atoms with Crippen molar-refractivity contribution in [3.05, 3.63) is 40.7 Å². The summed E-state index contributed by atoms with van der Waals surface area (Å²) in [6, 6.07) is 7.76. The number of anilines is 1. The highest BCUT2D eigenvalue weighted by Gasteiger charge is 2.30. The number of hydrogen-bond acceptors (Lipinski definition) is 4. The number of urea groups is 1. The molecule has 1 N–H and O–H groups in total. The quantitative estimate of drug-likeness (QED) is 0.944. The standard InChI is InChI=1S/C15H17N3O2S/c1-20-14-11(5-2-8-16-14)17-15(19)18-9-3-6-12(18)13-7-4-10-21-13/h2,4-5,7-8,10,12H,3,6,9H2,1H3,(H,17,19)/t12-/m0/s1. The van der Waals surface area contributed by atoms with E-state index in [0.717, 1.165) is 19.4 Å². The van der Waals surface area contributed by atoms with Gasteiger partial charge < -0.3 is 15.0 Å². The molecule has 0 bridgehead atoms. The third-order valence-electron chi connectivity index (χ3n) is 3.59. The molecule has 1 aliphatic rings. The van der Waals surface area contributed by atoms with Crippen LogP contribution in [0.1, 0.15) is 23.8 Å². The molecular formula is C15H17N3O2S. The average molecular weight is 303 g/mol. The number of likely N-dealkylation sites (tertiary alicyclic amines) is 1. The SMILES string of the molecule is COc1ncccc1NC(=O)N1CCC[C@H]1c1cccs1. The summed E-state index contributed by atoms with van der Waals surface area (Å²) in [5.74, 6) is 0.428. The fourth-order valence-corrected chi connectivity index (χ4v) is 3.50. The van der Waals surface area contributed by atoms with Crippen LogP contribution in [0, 0.1) is 0 Å². The number of amides is 2. The number of carbonyl (C=O) groups excluding carboxylic acids is 1. The van der Waals surface area contributed by atoms with Gasteiger partial charge in [0.15, 0.2) is 0 Å². The van der Waals surface area contributed by atoms with Crippen molar-refractivity contribution in [2.24, 2.45) is 0 Å². The summed E-state index contributed by atoms with van der Waals surface area (Å²) in [4.78, 5) is 19.7. The van der Waals surface area contributed by atoms with Gasteiger partial charge in [-0.1, -0.05) is 6.07 Å². The second-order valence-corrected chi connectivity index (χ2v) is 5.84. The summed E-state index contributed by atoms with van der Waals surface area (Å²) in [6.45, 7) is 0.775. The predicted octanol–water partition coefficient (Wildman–Crippen LogP) is 3.52. The molecule has 0 radical (unpaired) electrons. The van der Waals surface area contributed by atoms with Crippen molar-refractivity contribution in [3.63, 3.8) is 0 Å². The van der Waals surface area contributed by atoms with E-state index in [1.165, 1.54) is 4.88 Å². The molecule has 0 aromatic carbocycles. The number of hydrogen-bond donors (Lipinski definition) is 1. The van der Waals surface area contributed by atoms with Gasteiger partial charge in [-0.15, -0.1) is 11.3 Å². The zero-order chi connectivity index (χ0) is 14.7. The van der Waals surface area contributed by atoms with Crippen LogP contribution in [0.25, 0.3) is 0 Å². The van der Waals surface area contributed by atoms with Gasteiger partial charge in [-0.25, -0.2) is 9.78 Å². The molecule has 0 saturated carbocycles. The van der Waals surface area contributed by atoms with Gasteiger partial charge in [0, 0.05) is 17.6 Å². The Morgan fingerprint density at radius 1 is 1.48 bits per heavy atom. The van der Waals surface area contributed by atoms with Crippen LogP contribution in [0.3, 0.4) is 0 Å². The van der Waals surface area contributed by atoms with Crippen LogP contribution < -0.4 is 10.1 Å². The zero-order valence-electron chi connectivity index (χ0n) is 11.8. The lowest BCUT2D eigenvalue weighted by Gasteiger charge is -2.24. The number of methoxy groups -OCH3 is 1. The zero-order valence-corrected chi connectivity index (χ0v) is 12.6. The largest absolute Gasteiger partial charge is 0.480 e. The number of thiophene rings is 1. The molecule has 0 aliphatic carbocycles. The van der Waals surface area contributed by atoms with Crippen LogP contribution in [-0.2, 0) is 0 Å². The van der Waals surface area contributed by atoms with Gasteiger partial charge >= 0.3 is 6.03 Å². The van der Waals surface area contributed by atoms with Crippen LogP contribution >= 0.6 is 11.3 Å². The molecule has 1 atom stereocenters. The van der Waals surface area contributed by atoms with E-state index in [1.807, 2.05) is 16.3 Å². The first-order valence-corrected chi connectivity index (χ1v) is 7.77. The maximum atomic E-state index is 12.5. The highest BCUT2D eigenvalue weighted by atomic mass is 32.1. The molecule has 2 aromatic heterocycles.